The van der Waals surface area contributed by atoms with E-state index in [1.54, 1.807) is 4.90 Å². The van der Waals surface area contributed by atoms with E-state index in [2.05, 4.69) is 0 Å². The summed E-state index contributed by atoms with van der Waals surface area (Å²) >= 11 is 0. The van der Waals surface area contributed by atoms with Gasteiger partial charge in [0, 0.05) is 18.7 Å². The minimum atomic E-state index is -0.227. The molecule has 0 aliphatic carbocycles. The number of rotatable bonds is 2. The highest BCUT2D eigenvalue weighted by Gasteiger charge is 2.38. The smallest absolute Gasteiger partial charge is 0.310 e. The van der Waals surface area contributed by atoms with Crippen molar-refractivity contribution < 1.29 is 14.3 Å². The molecule has 0 N–H and O–H groups in total. The molecule has 1 amide bonds. The summed E-state index contributed by atoms with van der Waals surface area (Å²) in [6, 6.07) is 4.05. The lowest BCUT2D eigenvalue weighted by atomic mass is 9.99. The van der Waals surface area contributed by atoms with Gasteiger partial charge in [0.1, 0.15) is 0 Å². The molecule has 4 nitrogen and oxygen atoms in total. The van der Waals surface area contributed by atoms with Crippen molar-refractivity contribution in [1.29, 1.82) is 0 Å². The second-order valence-electron chi connectivity index (χ2n) is 6.09. The fraction of sp³-hybridized carbons (Fsp3) is 0.529. The number of amides is 1. The number of benzene rings is 1. The van der Waals surface area contributed by atoms with E-state index in [1.165, 1.54) is 7.11 Å². The van der Waals surface area contributed by atoms with E-state index in [0.29, 0.717) is 13.1 Å². The van der Waals surface area contributed by atoms with Crippen LogP contribution in [0.15, 0.2) is 12.1 Å². The van der Waals surface area contributed by atoms with Gasteiger partial charge in [0.15, 0.2) is 0 Å². The van der Waals surface area contributed by atoms with Crippen LogP contribution in [-0.4, -0.2) is 37.0 Å². The minimum Gasteiger partial charge on any atom is -0.469 e. The number of aryl methyl sites for hydroxylation is 3. The van der Waals surface area contributed by atoms with Crippen LogP contribution in [0.3, 0.4) is 0 Å². The molecule has 4 heteroatoms. The number of hydrogen-bond acceptors (Lipinski definition) is 3. The Labute approximate surface area is 126 Å². The van der Waals surface area contributed by atoms with Crippen LogP contribution in [0.4, 0.5) is 0 Å². The Morgan fingerprint density at radius 3 is 2.24 bits per heavy atom. The number of likely N-dealkylation sites (tertiary alicyclic amines) is 1. The molecule has 0 aromatic heterocycles. The van der Waals surface area contributed by atoms with Crippen molar-refractivity contribution in [3.05, 3.63) is 34.4 Å². The van der Waals surface area contributed by atoms with Gasteiger partial charge in [-0.1, -0.05) is 24.6 Å². The maximum atomic E-state index is 12.8. The van der Waals surface area contributed by atoms with Crippen molar-refractivity contribution in [2.24, 2.45) is 11.8 Å². The van der Waals surface area contributed by atoms with Crippen molar-refractivity contribution in [1.82, 2.24) is 4.90 Å². The van der Waals surface area contributed by atoms with Crippen LogP contribution in [0, 0.1) is 32.6 Å². The molecule has 21 heavy (non-hydrogen) atoms. The van der Waals surface area contributed by atoms with Crippen LogP contribution >= 0.6 is 0 Å². The van der Waals surface area contributed by atoms with Gasteiger partial charge in [-0.15, -0.1) is 0 Å². The Morgan fingerprint density at radius 2 is 1.71 bits per heavy atom. The standard InChI is InChI=1S/C17H23NO3/c1-10-6-11(2)15(12(3)7-10)16(19)18-8-13(4)14(9-18)17(20)21-5/h6-7,13-14H,8-9H2,1-5H3. The van der Waals surface area contributed by atoms with E-state index < -0.39 is 0 Å². The first kappa shape index (κ1) is 15.5. The lowest BCUT2D eigenvalue weighted by molar-refractivity contribution is -0.146. The summed E-state index contributed by atoms with van der Waals surface area (Å²) in [5, 5.41) is 0. The molecular weight excluding hydrogens is 266 g/mol. The van der Waals surface area contributed by atoms with Crippen molar-refractivity contribution in [3.8, 4) is 0 Å². The number of nitrogens with zero attached hydrogens (tertiary/aromatic N) is 1. The zero-order valence-corrected chi connectivity index (χ0v) is 13.4. The fourth-order valence-electron chi connectivity index (χ4n) is 3.27. The predicted molar refractivity (Wildman–Crippen MR) is 81.2 cm³/mol. The van der Waals surface area contributed by atoms with Gasteiger partial charge in [-0.25, -0.2) is 0 Å². The molecule has 1 saturated heterocycles. The monoisotopic (exact) mass is 289 g/mol. The number of carbonyl (C=O) groups is 2. The van der Waals surface area contributed by atoms with Gasteiger partial charge in [0.25, 0.3) is 5.91 Å². The van der Waals surface area contributed by atoms with E-state index in [1.807, 2.05) is 39.8 Å². The zero-order valence-electron chi connectivity index (χ0n) is 13.4. The van der Waals surface area contributed by atoms with E-state index in [-0.39, 0.29) is 23.7 Å². The summed E-state index contributed by atoms with van der Waals surface area (Å²) in [5.74, 6) is -0.295. The van der Waals surface area contributed by atoms with Gasteiger partial charge in [-0.2, -0.15) is 0 Å². The van der Waals surface area contributed by atoms with Gasteiger partial charge >= 0.3 is 5.97 Å². The third kappa shape index (κ3) is 2.94. The average Bonchev–Trinajstić information content (AvgIpc) is 2.78. The molecule has 1 aliphatic rings. The quantitative estimate of drug-likeness (QED) is 0.786. The van der Waals surface area contributed by atoms with Gasteiger partial charge in [-0.05, 0) is 37.8 Å². The van der Waals surface area contributed by atoms with Crippen LogP contribution < -0.4 is 0 Å². The first-order valence-corrected chi connectivity index (χ1v) is 7.30. The zero-order chi connectivity index (χ0) is 15.7. The van der Waals surface area contributed by atoms with Gasteiger partial charge in [-0.3, -0.25) is 9.59 Å². The minimum absolute atomic E-state index is 0.0169. The molecule has 1 heterocycles. The largest absolute Gasteiger partial charge is 0.469 e. The number of hydrogen-bond donors (Lipinski definition) is 0. The van der Waals surface area contributed by atoms with Gasteiger partial charge in [0.2, 0.25) is 0 Å². The Kier molecular flexibility index (Phi) is 4.35. The van der Waals surface area contributed by atoms with Crippen LogP contribution in [0.1, 0.15) is 34.0 Å². The molecule has 0 bridgehead atoms. The molecule has 1 fully saturated rings. The molecule has 0 radical (unpaired) electrons. The molecule has 2 atom stereocenters. The maximum absolute atomic E-state index is 12.8. The predicted octanol–water partition coefficient (Wildman–Crippen LogP) is 2.49. The maximum Gasteiger partial charge on any atom is 0.310 e. The van der Waals surface area contributed by atoms with Gasteiger partial charge < -0.3 is 9.64 Å². The summed E-state index contributed by atoms with van der Waals surface area (Å²) in [5.41, 5.74) is 3.90. The van der Waals surface area contributed by atoms with Gasteiger partial charge in [0.05, 0.1) is 13.0 Å². The topological polar surface area (TPSA) is 46.6 Å². The van der Waals surface area contributed by atoms with E-state index >= 15 is 0 Å². The Bertz CT molecular complexity index is 556. The number of ether oxygens (including phenoxy) is 1. The summed E-state index contributed by atoms with van der Waals surface area (Å²) < 4.78 is 4.82. The number of carbonyl (C=O) groups excluding carboxylic acids is 2. The lowest BCUT2D eigenvalue weighted by Gasteiger charge is -2.19. The van der Waals surface area contributed by atoms with Crippen LogP contribution in [-0.2, 0) is 9.53 Å². The molecule has 1 aromatic rings. The highest BCUT2D eigenvalue weighted by Crippen LogP contribution is 2.27. The molecule has 2 unspecified atom stereocenters. The number of esters is 1. The average molecular weight is 289 g/mol. The Hall–Kier alpha value is -1.84. The second-order valence-corrected chi connectivity index (χ2v) is 6.09. The SMILES string of the molecule is COC(=O)C1CN(C(=O)c2c(C)cc(C)cc2C)CC1C. The second kappa shape index (κ2) is 5.88. The molecule has 0 spiro atoms. The van der Waals surface area contributed by atoms with E-state index in [4.69, 9.17) is 4.74 Å². The third-order valence-corrected chi connectivity index (χ3v) is 4.29. The van der Waals surface area contributed by atoms with Crippen molar-refractivity contribution >= 4 is 11.9 Å². The molecule has 1 aromatic carbocycles. The fourth-order valence-corrected chi connectivity index (χ4v) is 3.27. The highest BCUT2D eigenvalue weighted by atomic mass is 16.5. The summed E-state index contributed by atoms with van der Waals surface area (Å²) in [7, 11) is 1.40. The Morgan fingerprint density at radius 1 is 1.14 bits per heavy atom. The Balaban J connectivity index is 2.25. The van der Waals surface area contributed by atoms with Crippen molar-refractivity contribution in [2.75, 3.05) is 20.2 Å². The molecule has 0 saturated carbocycles. The third-order valence-electron chi connectivity index (χ3n) is 4.29. The van der Waals surface area contributed by atoms with Crippen molar-refractivity contribution in [3.63, 3.8) is 0 Å². The molecule has 114 valence electrons. The van der Waals surface area contributed by atoms with Crippen LogP contribution in [0.2, 0.25) is 0 Å². The normalized spacial score (nSPS) is 21.5. The number of methoxy groups -OCH3 is 1. The van der Waals surface area contributed by atoms with E-state index in [0.717, 1.165) is 22.3 Å². The van der Waals surface area contributed by atoms with Crippen LogP contribution in [0.25, 0.3) is 0 Å². The molecule has 2 rings (SSSR count). The first-order chi connectivity index (χ1) is 9.85. The summed E-state index contributed by atoms with van der Waals surface area (Å²) in [4.78, 5) is 26.3. The van der Waals surface area contributed by atoms with E-state index in [9.17, 15) is 9.59 Å². The molecule has 1 aliphatic heterocycles. The van der Waals surface area contributed by atoms with Crippen molar-refractivity contribution in [2.45, 2.75) is 27.7 Å². The summed E-state index contributed by atoms with van der Waals surface area (Å²) in [6.45, 7) is 8.99. The first-order valence-electron chi connectivity index (χ1n) is 7.30. The summed E-state index contributed by atoms with van der Waals surface area (Å²) in [6.07, 6.45) is 0. The molecular formula is C17H23NO3. The highest BCUT2D eigenvalue weighted by molar-refractivity contribution is 5.97. The lowest BCUT2D eigenvalue weighted by Crippen LogP contribution is -2.31. The van der Waals surface area contributed by atoms with Crippen LogP contribution in [0.5, 0.6) is 0 Å².